The minimum absolute atomic E-state index is 0.0272. The molecule has 0 unspecified atom stereocenters. The van der Waals surface area contributed by atoms with E-state index in [2.05, 4.69) is 20.8 Å². The number of β-amino-alcohol motifs (C(OH)–C–C–N with tert-alkyl or cyclic N) is 1. The summed E-state index contributed by atoms with van der Waals surface area (Å²) in [6.45, 7) is 6.27. The van der Waals surface area contributed by atoms with Crippen molar-refractivity contribution in [2.75, 3.05) is 58.0 Å². The standard InChI is InChI=1S/C41H46F3N5O5/c1-5-27-29(42)10-9-25-16-26(50)17-28(31(25)27)34-33(43)35-32(37(45-34)52-4)36(49-14-15-53-22-40(3,51)21-49)47-38(46-35)54-23-41-11-6-8-30(41)48(13-7-12-41)20-24-18-39(2,44)19-24/h1,9-10,16-17,24,30,50-51H,6-8,11-15,18-23H2,2-4H3/t24?,30-,39?,40+,41-/m1/s1. The number of piperidine rings is 1. The number of rotatable bonds is 8. The summed E-state index contributed by atoms with van der Waals surface area (Å²) in [6, 6.07) is 5.57. The van der Waals surface area contributed by atoms with E-state index < -0.39 is 22.9 Å². The number of terminal acetylenes is 1. The first-order valence-corrected chi connectivity index (χ1v) is 18.8. The van der Waals surface area contributed by atoms with Crippen LogP contribution in [0.25, 0.3) is 32.9 Å². The zero-order chi connectivity index (χ0) is 38.0. The molecule has 2 aliphatic heterocycles. The van der Waals surface area contributed by atoms with Crippen molar-refractivity contribution in [1.82, 2.24) is 19.9 Å². The Morgan fingerprint density at radius 2 is 1.87 bits per heavy atom. The van der Waals surface area contributed by atoms with Gasteiger partial charge in [-0.05, 0) is 88.4 Å². The van der Waals surface area contributed by atoms with E-state index in [1.807, 2.05) is 0 Å². The van der Waals surface area contributed by atoms with Gasteiger partial charge >= 0.3 is 6.01 Å². The average molecular weight is 746 g/mol. The number of hydrogen-bond acceptors (Lipinski definition) is 10. The highest BCUT2D eigenvalue weighted by molar-refractivity contribution is 6.04. The maximum atomic E-state index is 17.3. The van der Waals surface area contributed by atoms with Gasteiger partial charge in [-0.25, -0.2) is 18.2 Å². The topological polar surface area (TPSA) is 113 Å². The molecule has 2 aromatic heterocycles. The van der Waals surface area contributed by atoms with Gasteiger partial charge in [0.1, 0.15) is 45.3 Å². The average Bonchev–Trinajstić information content (AvgIpc) is 3.47. The third-order valence-corrected chi connectivity index (χ3v) is 11.9. The van der Waals surface area contributed by atoms with Crippen molar-refractivity contribution in [2.24, 2.45) is 11.3 Å². The van der Waals surface area contributed by atoms with E-state index in [0.717, 1.165) is 45.2 Å². The van der Waals surface area contributed by atoms with Crippen LogP contribution in [-0.2, 0) is 4.74 Å². The molecule has 2 aromatic carbocycles. The van der Waals surface area contributed by atoms with E-state index in [0.29, 0.717) is 37.3 Å². The molecule has 286 valence electrons. The van der Waals surface area contributed by atoms with Crippen LogP contribution < -0.4 is 14.4 Å². The summed E-state index contributed by atoms with van der Waals surface area (Å²) in [5.74, 6) is 1.18. The summed E-state index contributed by atoms with van der Waals surface area (Å²) >= 11 is 0. The van der Waals surface area contributed by atoms with Gasteiger partial charge in [-0.3, -0.25) is 4.90 Å². The maximum absolute atomic E-state index is 17.3. The molecular formula is C41H46F3N5O5. The molecule has 4 aromatic rings. The minimum Gasteiger partial charge on any atom is -0.508 e. The van der Waals surface area contributed by atoms with Crippen LogP contribution in [0.3, 0.4) is 0 Å². The van der Waals surface area contributed by atoms with E-state index in [1.54, 1.807) is 18.7 Å². The fourth-order valence-electron chi connectivity index (χ4n) is 9.70. The minimum atomic E-state index is -1.26. The number of phenols is 1. The normalized spacial score (nSPS) is 28.7. The highest BCUT2D eigenvalue weighted by Gasteiger charge is 2.50. The van der Waals surface area contributed by atoms with Gasteiger partial charge in [0.25, 0.3) is 0 Å². The molecule has 54 heavy (non-hydrogen) atoms. The summed E-state index contributed by atoms with van der Waals surface area (Å²) in [7, 11) is 1.39. The monoisotopic (exact) mass is 745 g/mol. The maximum Gasteiger partial charge on any atom is 0.319 e. The number of alkyl halides is 1. The molecule has 4 fully saturated rings. The molecule has 0 radical (unpaired) electrons. The molecule has 2 saturated carbocycles. The number of aromatic nitrogens is 3. The molecule has 3 atom stereocenters. The second kappa shape index (κ2) is 13.7. The molecule has 2 N–H and O–H groups in total. The van der Waals surface area contributed by atoms with E-state index in [-0.39, 0.29) is 87.8 Å². The summed E-state index contributed by atoms with van der Waals surface area (Å²) in [4.78, 5) is 18.4. The van der Waals surface area contributed by atoms with Gasteiger partial charge in [0.15, 0.2) is 5.82 Å². The first-order chi connectivity index (χ1) is 25.8. The third kappa shape index (κ3) is 6.56. The lowest BCUT2D eigenvalue weighted by molar-refractivity contribution is -0.0422. The molecule has 2 aliphatic carbocycles. The number of anilines is 1. The van der Waals surface area contributed by atoms with Crippen molar-refractivity contribution in [3.8, 4) is 41.2 Å². The summed E-state index contributed by atoms with van der Waals surface area (Å²) in [5.41, 5.74) is -2.98. The smallest absolute Gasteiger partial charge is 0.319 e. The Hall–Kier alpha value is -4.38. The first kappa shape index (κ1) is 36.6. The molecule has 0 bridgehead atoms. The van der Waals surface area contributed by atoms with Crippen molar-refractivity contribution < 1.29 is 37.6 Å². The van der Waals surface area contributed by atoms with Crippen LogP contribution in [0.1, 0.15) is 64.4 Å². The molecule has 0 spiro atoms. The van der Waals surface area contributed by atoms with Crippen LogP contribution in [0.4, 0.5) is 19.0 Å². The SMILES string of the molecule is C#Cc1c(F)ccc2cc(O)cc(-c3nc(OC)c4c(N5CCOC[C@@](C)(O)C5)nc(OC[C@]56CCC[C@H]5N(CC5CC(C)(F)C5)CCC6)nc4c3F)c12. The van der Waals surface area contributed by atoms with Gasteiger partial charge < -0.3 is 29.3 Å². The molecule has 13 heteroatoms. The third-order valence-electron chi connectivity index (χ3n) is 11.9. The number of aromatic hydroxyl groups is 1. The van der Waals surface area contributed by atoms with E-state index in [9.17, 15) is 14.6 Å². The molecule has 0 amide bonds. The number of ether oxygens (including phenoxy) is 3. The fraction of sp³-hybridized carbons (Fsp3) is 0.537. The van der Waals surface area contributed by atoms with E-state index in [1.165, 1.54) is 31.4 Å². The van der Waals surface area contributed by atoms with Crippen molar-refractivity contribution in [3.05, 3.63) is 41.5 Å². The number of aliphatic hydroxyl groups is 1. The lowest BCUT2D eigenvalue weighted by Crippen LogP contribution is -2.55. The molecule has 4 aliphatic rings. The molecule has 8 rings (SSSR count). The highest BCUT2D eigenvalue weighted by Crippen LogP contribution is 2.50. The van der Waals surface area contributed by atoms with Gasteiger partial charge in [0.05, 0.1) is 39.0 Å². The number of likely N-dealkylation sites (tertiary alicyclic amines) is 1. The molecule has 2 saturated heterocycles. The number of benzene rings is 2. The van der Waals surface area contributed by atoms with E-state index >= 15 is 8.78 Å². The molecular weight excluding hydrogens is 699 g/mol. The van der Waals surface area contributed by atoms with Crippen LogP contribution in [0, 0.1) is 35.3 Å². The number of hydrogen-bond donors (Lipinski definition) is 2. The fourth-order valence-corrected chi connectivity index (χ4v) is 9.70. The lowest BCUT2D eigenvalue weighted by Gasteiger charge is -2.49. The zero-order valence-electron chi connectivity index (χ0n) is 30.9. The van der Waals surface area contributed by atoms with Gasteiger partial charge in [-0.15, -0.1) is 6.42 Å². The number of nitrogens with zero attached hydrogens (tertiary/aromatic N) is 5. The Morgan fingerprint density at radius 1 is 1.07 bits per heavy atom. The number of methoxy groups -OCH3 is 1. The van der Waals surface area contributed by atoms with Crippen LogP contribution in [-0.4, -0.2) is 100 Å². The van der Waals surface area contributed by atoms with E-state index in [4.69, 9.17) is 25.6 Å². The number of pyridine rings is 1. The van der Waals surface area contributed by atoms with Crippen molar-refractivity contribution in [2.45, 2.75) is 76.1 Å². The van der Waals surface area contributed by atoms with Gasteiger partial charge in [-0.1, -0.05) is 18.4 Å². The number of fused-ring (bicyclic) bond motifs is 3. The Morgan fingerprint density at radius 3 is 2.63 bits per heavy atom. The molecule has 10 nitrogen and oxygen atoms in total. The zero-order valence-corrected chi connectivity index (χ0v) is 30.9. The van der Waals surface area contributed by atoms with Gasteiger partial charge in [-0.2, -0.15) is 9.97 Å². The summed E-state index contributed by atoms with van der Waals surface area (Å²) in [5, 5.41) is 22.6. The quantitative estimate of drug-likeness (QED) is 0.193. The lowest BCUT2D eigenvalue weighted by atomic mass is 9.71. The van der Waals surface area contributed by atoms with Crippen molar-refractivity contribution in [3.63, 3.8) is 0 Å². The van der Waals surface area contributed by atoms with Crippen LogP contribution in [0.15, 0.2) is 24.3 Å². The Kier molecular flexibility index (Phi) is 9.30. The number of halogens is 3. The second-order valence-electron chi connectivity index (χ2n) is 16.3. The van der Waals surface area contributed by atoms with Crippen LogP contribution >= 0.6 is 0 Å². The summed E-state index contributed by atoms with van der Waals surface area (Å²) < 4.78 is 64.7. The Bertz CT molecular complexity index is 2150. The predicted molar refractivity (Wildman–Crippen MR) is 199 cm³/mol. The Labute approximate surface area is 312 Å². The molecule has 4 heterocycles. The first-order valence-electron chi connectivity index (χ1n) is 18.8. The van der Waals surface area contributed by atoms with Crippen LogP contribution in [0.5, 0.6) is 17.6 Å². The highest BCUT2D eigenvalue weighted by atomic mass is 19.1. The predicted octanol–water partition coefficient (Wildman–Crippen LogP) is 6.56. The second-order valence-corrected chi connectivity index (χ2v) is 16.3. The van der Waals surface area contributed by atoms with Gasteiger partial charge in [0, 0.05) is 35.5 Å². The van der Waals surface area contributed by atoms with Crippen molar-refractivity contribution in [1.29, 1.82) is 0 Å². The van der Waals surface area contributed by atoms with Crippen molar-refractivity contribution >= 4 is 27.5 Å². The van der Waals surface area contributed by atoms with Gasteiger partial charge in [0.2, 0.25) is 5.88 Å². The Balaban J connectivity index is 1.24. The largest absolute Gasteiger partial charge is 0.508 e. The summed E-state index contributed by atoms with van der Waals surface area (Å²) in [6.07, 6.45) is 11.9. The number of phenolic OH excluding ortho intramolecular Hbond substituents is 1. The van der Waals surface area contributed by atoms with Crippen LogP contribution in [0.2, 0.25) is 0 Å².